The molecule has 0 aliphatic heterocycles. The van der Waals surface area contributed by atoms with Gasteiger partial charge < -0.3 is 5.32 Å². The van der Waals surface area contributed by atoms with Crippen molar-refractivity contribution in [3.05, 3.63) is 70.4 Å². The Hall–Kier alpha value is -1.64. The summed E-state index contributed by atoms with van der Waals surface area (Å²) in [5.74, 6) is 0. The number of hydrogen-bond acceptors (Lipinski definition) is 2. The molecule has 0 amide bonds. The third-order valence-corrected chi connectivity index (χ3v) is 4.51. The van der Waals surface area contributed by atoms with Crippen molar-refractivity contribution in [2.75, 3.05) is 0 Å². The van der Waals surface area contributed by atoms with Crippen LogP contribution in [0.25, 0.3) is 10.8 Å². The van der Waals surface area contributed by atoms with Crippen LogP contribution in [0.2, 0.25) is 0 Å². The second-order valence-electron chi connectivity index (χ2n) is 5.20. The molecule has 1 nitrogen and oxygen atoms in total. The fraction of sp³-hybridized carbons (Fsp3) is 0.222. The lowest BCUT2D eigenvalue weighted by molar-refractivity contribution is 0.550. The SMILES string of the molecule is CC(Cc1cccs1)NCc1cccc2ccccc12. The quantitative estimate of drug-likeness (QED) is 0.719. The van der Waals surface area contributed by atoms with Crippen LogP contribution < -0.4 is 5.32 Å². The summed E-state index contributed by atoms with van der Waals surface area (Å²) in [7, 11) is 0. The van der Waals surface area contributed by atoms with Gasteiger partial charge in [0.25, 0.3) is 0 Å². The number of nitrogens with one attached hydrogen (secondary N) is 1. The molecule has 0 spiro atoms. The number of benzene rings is 2. The van der Waals surface area contributed by atoms with E-state index in [-0.39, 0.29) is 0 Å². The van der Waals surface area contributed by atoms with Crippen molar-refractivity contribution in [2.24, 2.45) is 0 Å². The molecule has 1 atom stereocenters. The van der Waals surface area contributed by atoms with E-state index in [0.717, 1.165) is 13.0 Å². The Bertz CT molecular complexity index is 667. The van der Waals surface area contributed by atoms with E-state index in [9.17, 15) is 0 Å². The molecule has 1 unspecified atom stereocenters. The molecule has 1 aromatic heterocycles. The van der Waals surface area contributed by atoms with Crippen molar-refractivity contribution in [3.8, 4) is 0 Å². The summed E-state index contributed by atoms with van der Waals surface area (Å²) in [4.78, 5) is 1.45. The first kappa shape index (κ1) is 13.3. The Morgan fingerprint density at radius 2 is 1.85 bits per heavy atom. The van der Waals surface area contributed by atoms with Crippen molar-refractivity contribution in [3.63, 3.8) is 0 Å². The largest absolute Gasteiger partial charge is 0.310 e. The lowest BCUT2D eigenvalue weighted by atomic mass is 10.0. The summed E-state index contributed by atoms with van der Waals surface area (Å²) in [5, 5.41) is 8.45. The number of fused-ring (bicyclic) bond motifs is 1. The fourth-order valence-corrected chi connectivity index (χ4v) is 3.37. The van der Waals surface area contributed by atoms with Crippen LogP contribution in [-0.2, 0) is 13.0 Å². The van der Waals surface area contributed by atoms with Crippen LogP contribution in [0.4, 0.5) is 0 Å². The van der Waals surface area contributed by atoms with Gasteiger partial charge in [-0.2, -0.15) is 0 Å². The average molecular weight is 281 g/mol. The van der Waals surface area contributed by atoms with Gasteiger partial charge in [-0.25, -0.2) is 0 Å². The van der Waals surface area contributed by atoms with E-state index in [2.05, 4.69) is 72.2 Å². The highest BCUT2D eigenvalue weighted by atomic mass is 32.1. The summed E-state index contributed by atoms with van der Waals surface area (Å²) in [5.41, 5.74) is 1.38. The van der Waals surface area contributed by atoms with E-state index in [0.29, 0.717) is 6.04 Å². The predicted octanol–water partition coefficient (Wildman–Crippen LogP) is 4.62. The molecule has 0 aliphatic carbocycles. The second kappa shape index (κ2) is 6.21. The van der Waals surface area contributed by atoms with Crippen LogP contribution in [0, 0.1) is 0 Å². The lowest BCUT2D eigenvalue weighted by Gasteiger charge is -2.14. The van der Waals surface area contributed by atoms with Gasteiger partial charge in [0.15, 0.2) is 0 Å². The van der Waals surface area contributed by atoms with Crippen molar-refractivity contribution in [1.29, 1.82) is 0 Å². The zero-order valence-electron chi connectivity index (χ0n) is 11.7. The van der Waals surface area contributed by atoms with Crippen LogP contribution in [0.5, 0.6) is 0 Å². The zero-order valence-corrected chi connectivity index (χ0v) is 12.5. The van der Waals surface area contributed by atoms with Gasteiger partial charge >= 0.3 is 0 Å². The van der Waals surface area contributed by atoms with Gasteiger partial charge in [0.1, 0.15) is 0 Å². The van der Waals surface area contributed by atoms with E-state index >= 15 is 0 Å². The van der Waals surface area contributed by atoms with Crippen LogP contribution in [0.3, 0.4) is 0 Å². The minimum Gasteiger partial charge on any atom is -0.310 e. The number of hydrogen-bond donors (Lipinski definition) is 1. The molecule has 102 valence electrons. The Morgan fingerprint density at radius 3 is 2.70 bits per heavy atom. The van der Waals surface area contributed by atoms with Crippen LogP contribution in [0.15, 0.2) is 60.0 Å². The summed E-state index contributed by atoms with van der Waals surface area (Å²) in [6.45, 7) is 3.18. The van der Waals surface area contributed by atoms with Crippen LogP contribution >= 0.6 is 11.3 Å². The van der Waals surface area contributed by atoms with Gasteiger partial charge in [0.05, 0.1) is 0 Å². The predicted molar refractivity (Wildman–Crippen MR) is 88.3 cm³/mol. The first-order valence-corrected chi connectivity index (χ1v) is 7.93. The highest BCUT2D eigenvalue weighted by molar-refractivity contribution is 7.09. The molecule has 0 aliphatic rings. The maximum atomic E-state index is 3.64. The normalized spacial score (nSPS) is 12.7. The van der Waals surface area contributed by atoms with Crippen LogP contribution in [-0.4, -0.2) is 6.04 Å². The minimum absolute atomic E-state index is 0.493. The Kier molecular flexibility index (Phi) is 4.14. The second-order valence-corrected chi connectivity index (χ2v) is 6.24. The Morgan fingerprint density at radius 1 is 1.00 bits per heavy atom. The fourth-order valence-electron chi connectivity index (χ4n) is 2.53. The van der Waals surface area contributed by atoms with Gasteiger partial charge in [0, 0.05) is 17.5 Å². The Balaban J connectivity index is 1.67. The maximum absolute atomic E-state index is 3.64. The topological polar surface area (TPSA) is 12.0 Å². The summed E-state index contributed by atoms with van der Waals surface area (Å²) < 4.78 is 0. The summed E-state index contributed by atoms with van der Waals surface area (Å²) >= 11 is 1.84. The summed E-state index contributed by atoms with van der Waals surface area (Å²) in [6.07, 6.45) is 1.10. The highest BCUT2D eigenvalue weighted by Gasteiger charge is 2.05. The standard InChI is InChI=1S/C18H19NS/c1-14(12-17-9-5-11-20-17)19-13-16-8-4-7-15-6-2-3-10-18(15)16/h2-11,14,19H,12-13H2,1H3. The molecule has 2 heteroatoms. The lowest BCUT2D eigenvalue weighted by Crippen LogP contribution is -2.27. The first-order valence-electron chi connectivity index (χ1n) is 7.05. The molecular formula is C18H19NS. The third kappa shape index (κ3) is 3.09. The van der Waals surface area contributed by atoms with E-state index in [1.807, 2.05) is 11.3 Å². The van der Waals surface area contributed by atoms with Crippen molar-refractivity contribution in [1.82, 2.24) is 5.32 Å². The molecular weight excluding hydrogens is 262 g/mol. The highest BCUT2D eigenvalue weighted by Crippen LogP contribution is 2.18. The number of thiophene rings is 1. The van der Waals surface area contributed by atoms with Crippen molar-refractivity contribution in [2.45, 2.75) is 25.9 Å². The van der Waals surface area contributed by atoms with Gasteiger partial charge in [-0.05, 0) is 41.1 Å². The van der Waals surface area contributed by atoms with Gasteiger partial charge in [-0.1, -0.05) is 48.5 Å². The Labute approximate surface area is 124 Å². The van der Waals surface area contributed by atoms with Gasteiger partial charge in [-0.15, -0.1) is 11.3 Å². The zero-order chi connectivity index (χ0) is 13.8. The molecule has 3 rings (SSSR count). The van der Waals surface area contributed by atoms with Crippen molar-refractivity contribution >= 4 is 22.1 Å². The molecule has 0 radical (unpaired) electrons. The molecule has 1 N–H and O–H groups in total. The molecule has 3 aromatic rings. The first-order chi connectivity index (χ1) is 9.83. The van der Waals surface area contributed by atoms with Crippen molar-refractivity contribution < 1.29 is 0 Å². The van der Waals surface area contributed by atoms with Crippen LogP contribution in [0.1, 0.15) is 17.4 Å². The smallest absolute Gasteiger partial charge is 0.0214 e. The number of rotatable bonds is 5. The molecule has 0 saturated heterocycles. The van der Waals surface area contributed by atoms with Gasteiger partial charge in [0.2, 0.25) is 0 Å². The molecule has 0 saturated carbocycles. The summed E-state index contributed by atoms with van der Waals surface area (Å²) in [6, 6.07) is 19.9. The van der Waals surface area contributed by atoms with E-state index in [1.165, 1.54) is 21.2 Å². The average Bonchev–Trinajstić information content (AvgIpc) is 2.98. The molecule has 1 heterocycles. The molecule has 20 heavy (non-hydrogen) atoms. The van der Waals surface area contributed by atoms with E-state index in [4.69, 9.17) is 0 Å². The molecule has 0 bridgehead atoms. The van der Waals surface area contributed by atoms with E-state index in [1.54, 1.807) is 0 Å². The monoisotopic (exact) mass is 281 g/mol. The minimum atomic E-state index is 0.493. The van der Waals surface area contributed by atoms with Gasteiger partial charge in [-0.3, -0.25) is 0 Å². The molecule has 0 fully saturated rings. The third-order valence-electron chi connectivity index (χ3n) is 3.61. The maximum Gasteiger partial charge on any atom is 0.0214 e. The molecule has 2 aromatic carbocycles. The van der Waals surface area contributed by atoms with E-state index < -0.39 is 0 Å².